The normalized spacial score (nSPS) is 15.0. The number of nitrogens with two attached hydrogens (primary N) is 1. The van der Waals surface area contributed by atoms with Gasteiger partial charge in [0.05, 0.1) is 47.5 Å². The first-order valence-electron chi connectivity index (χ1n) is 16.0. The molecule has 4 aromatic carbocycles. The summed E-state index contributed by atoms with van der Waals surface area (Å²) in [4.78, 5) is 7.94. The largest absolute Gasteiger partial charge is 0.497 e. The van der Waals surface area contributed by atoms with Crippen LogP contribution in [0.15, 0.2) is 88.7 Å². The Balaban J connectivity index is 1.44. The van der Waals surface area contributed by atoms with Gasteiger partial charge >= 0.3 is 0 Å². The number of sulfone groups is 1. The molecule has 1 unspecified atom stereocenters. The van der Waals surface area contributed by atoms with Gasteiger partial charge in [0.1, 0.15) is 16.4 Å². The van der Waals surface area contributed by atoms with Gasteiger partial charge in [-0.15, -0.1) is 10.2 Å². The monoisotopic (exact) mass is 729 g/mol. The van der Waals surface area contributed by atoms with E-state index >= 15 is 0 Å². The summed E-state index contributed by atoms with van der Waals surface area (Å²) in [7, 11) is -5.68. The number of nitrogens with zero attached hydrogens (tertiary/aromatic N) is 5. The molecule has 7 rings (SSSR count). The number of ether oxygens (including phenoxy) is 2. The lowest BCUT2D eigenvalue weighted by atomic mass is 9.98. The molecule has 0 saturated carbocycles. The molecule has 0 aliphatic carbocycles. The number of aromatic amines is 1. The van der Waals surface area contributed by atoms with E-state index in [1.54, 1.807) is 67.8 Å². The Kier molecular flexibility index (Phi) is 9.19. The Morgan fingerprint density at radius 1 is 0.902 bits per heavy atom. The van der Waals surface area contributed by atoms with Gasteiger partial charge in [-0.2, -0.15) is 4.80 Å². The van der Waals surface area contributed by atoms with Crippen molar-refractivity contribution in [3.63, 3.8) is 0 Å². The van der Waals surface area contributed by atoms with Crippen molar-refractivity contribution < 1.29 is 26.3 Å². The minimum Gasteiger partial charge on any atom is -0.497 e. The summed E-state index contributed by atoms with van der Waals surface area (Å²) in [6, 6.07) is 22.3. The maximum atomic E-state index is 14.7. The van der Waals surface area contributed by atoms with Gasteiger partial charge in [0.25, 0.3) is 0 Å². The summed E-state index contributed by atoms with van der Waals surface area (Å²) in [5.74, 6) is 1.35. The first-order chi connectivity index (χ1) is 24.6. The number of hydrogen-bond donors (Lipinski definition) is 4. The number of imidazole rings is 1. The highest BCUT2D eigenvalue weighted by atomic mass is 32.2. The van der Waals surface area contributed by atoms with Crippen LogP contribution in [-0.4, -0.2) is 79.6 Å². The van der Waals surface area contributed by atoms with Gasteiger partial charge in [-0.3, -0.25) is 0 Å². The second kappa shape index (κ2) is 13.7. The number of sulfonamides is 1. The van der Waals surface area contributed by atoms with Crippen LogP contribution in [0.2, 0.25) is 0 Å². The number of para-hydroxylation sites is 1. The molecule has 3 heterocycles. The first-order valence-corrected chi connectivity index (χ1v) is 19.0. The number of benzene rings is 4. The minimum absolute atomic E-state index is 0.0423. The topological polar surface area (TPSA) is 209 Å². The second-order valence-electron chi connectivity index (χ2n) is 12.0. The highest BCUT2D eigenvalue weighted by molar-refractivity contribution is 7.94. The maximum Gasteiger partial charge on any atom is 0.242 e. The van der Waals surface area contributed by atoms with E-state index in [0.717, 1.165) is 5.56 Å². The van der Waals surface area contributed by atoms with Crippen LogP contribution in [0.1, 0.15) is 17.5 Å². The van der Waals surface area contributed by atoms with Crippen molar-refractivity contribution in [2.24, 2.45) is 0 Å². The Morgan fingerprint density at radius 3 is 2.27 bits per heavy atom. The summed E-state index contributed by atoms with van der Waals surface area (Å²) in [6.07, 6.45) is 0.320. The van der Waals surface area contributed by atoms with E-state index in [4.69, 9.17) is 15.2 Å². The lowest BCUT2D eigenvalue weighted by Crippen LogP contribution is -2.30. The van der Waals surface area contributed by atoms with Crippen molar-refractivity contribution in [1.82, 2.24) is 40.2 Å². The van der Waals surface area contributed by atoms with Gasteiger partial charge in [-0.05, 0) is 71.3 Å². The standard InChI is InChI=1S/C34H35N9O6S2/c1-48-23-10-6-21(7-11-23)18-37-51(46,47)32-29(50(44,45)25-16-17-36-19-25)15-14-26(27-4-3-5-28-31(27)39-34(35)38-28)30(32)33-40-42-43(41-33)20-22-8-12-24(49-2)13-9-22/h3-15,25,36-37H,16-20H2,1-2H3,(H3,35,38,39). The van der Waals surface area contributed by atoms with E-state index in [1.807, 2.05) is 12.1 Å². The molecule has 5 N–H and O–H groups in total. The Hall–Kier alpha value is -5.36. The van der Waals surface area contributed by atoms with Gasteiger partial charge in [0, 0.05) is 18.7 Å². The number of fused-ring (bicyclic) bond motifs is 1. The fourth-order valence-corrected chi connectivity index (χ4v) is 9.86. The summed E-state index contributed by atoms with van der Waals surface area (Å²) < 4.78 is 71.1. The molecule has 1 atom stereocenters. The van der Waals surface area contributed by atoms with Gasteiger partial charge in [-0.25, -0.2) is 26.5 Å². The molecule has 264 valence electrons. The number of anilines is 1. The maximum absolute atomic E-state index is 14.7. The van der Waals surface area contributed by atoms with Crippen LogP contribution in [0.5, 0.6) is 11.5 Å². The predicted octanol–water partition coefficient (Wildman–Crippen LogP) is 3.15. The molecular weight excluding hydrogens is 695 g/mol. The van der Waals surface area contributed by atoms with Crippen molar-refractivity contribution in [3.05, 3.63) is 90.0 Å². The third kappa shape index (κ3) is 6.75. The van der Waals surface area contributed by atoms with Crippen LogP contribution in [0, 0.1) is 0 Å². The number of nitrogens with one attached hydrogen (secondary N) is 3. The summed E-state index contributed by atoms with van der Waals surface area (Å²) >= 11 is 0. The van der Waals surface area contributed by atoms with Crippen LogP contribution >= 0.6 is 0 Å². The number of methoxy groups -OCH3 is 2. The zero-order valence-corrected chi connectivity index (χ0v) is 29.3. The van der Waals surface area contributed by atoms with E-state index in [-0.39, 0.29) is 41.9 Å². The van der Waals surface area contributed by atoms with Crippen LogP contribution in [0.4, 0.5) is 5.95 Å². The van der Waals surface area contributed by atoms with E-state index in [2.05, 4.69) is 35.4 Å². The lowest BCUT2D eigenvalue weighted by molar-refractivity contribution is 0.414. The van der Waals surface area contributed by atoms with E-state index in [1.165, 1.54) is 18.0 Å². The number of hydrogen-bond acceptors (Lipinski definition) is 12. The molecule has 1 fully saturated rings. The highest BCUT2D eigenvalue weighted by Gasteiger charge is 2.39. The van der Waals surface area contributed by atoms with Crippen molar-refractivity contribution in [2.75, 3.05) is 33.0 Å². The first kappa shape index (κ1) is 34.1. The van der Waals surface area contributed by atoms with Crippen molar-refractivity contribution >= 4 is 36.8 Å². The Morgan fingerprint density at radius 2 is 1.61 bits per heavy atom. The second-order valence-corrected chi connectivity index (χ2v) is 15.9. The molecule has 15 nitrogen and oxygen atoms in total. The molecule has 0 amide bonds. The average Bonchev–Trinajstić information content (AvgIpc) is 3.92. The van der Waals surface area contributed by atoms with E-state index in [9.17, 15) is 16.8 Å². The molecule has 2 aromatic heterocycles. The van der Waals surface area contributed by atoms with Crippen LogP contribution in [0.3, 0.4) is 0 Å². The van der Waals surface area contributed by atoms with Crippen LogP contribution in [0.25, 0.3) is 33.5 Å². The molecule has 1 aliphatic rings. The number of aromatic nitrogens is 6. The quantitative estimate of drug-likeness (QED) is 0.143. The molecule has 0 bridgehead atoms. The summed E-state index contributed by atoms with van der Waals surface area (Å²) in [6.45, 7) is 0.724. The molecule has 1 aliphatic heterocycles. The number of tetrazole rings is 1. The third-order valence-electron chi connectivity index (χ3n) is 8.76. The number of H-pyrrole nitrogens is 1. The minimum atomic E-state index is -4.60. The van der Waals surface area contributed by atoms with E-state index in [0.29, 0.717) is 52.2 Å². The fraction of sp³-hybridized carbons (Fsp3) is 0.235. The molecule has 6 aromatic rings. The van der Waals surface area contributed by atoms with Crippen LogP contribution < -0.4 is 25.2 Å². The van der Waals surface area contributed by atoms with Gasteiger partial charge in [0.15, 0.2) is 15.8 Å². The number of rotatable bonds is 12. The van der Waals surface area contributed by atoms with Crippen molar-refractivity contribution in [3.8, 4) is 34.0 Å². The lowest BCUT2D eigenvalue weighted by Gasteiger charge is -2.20. The zero-order valence-electron chi connectivity index (χ0n) is 27.7. The Bertz CT molecular complexity index is 2420. The molecule has 0 spiro atoms. The van der Waals surface area contributed by atoms with Gasteiger partial charge < -0.3 is 25.5 Å². The zero-order chi connectivity index (χ0) is 35.8. The molecule has 0 radical (unpaired) electrons. The summed E-state index contributed by atoms with van der Waals surface area (Å²) in [5.41, 5.74) is 9.31. The SMILES string of the molecule is COc1ccc(CNS(=O)(=O)c2c(S(=O)(=O)C3CCNC3)ccc(-c3cccc4[nH]c(N)nc34)c2-c2nnn(Cc3ccc(OC)cc3)n2)cc1. The highest BCUT2D eigenvalue weighted by Crippen LogP contribution is 2.42. The molecule has 51 heavy (non-hydrogen) atoms. The third-order valence-corrected chi connectivity index (χ3v) is 12.6. The molecular formula is C34H35N9O6S2. The van der Waals surface area contributed by atoms with Gasteiger partial charge in [-0.1, -0.05) is 42.5 Å². The average molecular weight is 730 g/mol. The van der Waals surface area contributed by atoms with Crippen molar-refractivity contribution in [1.29, 1.82) is 0 Å². The van der Waals surface area contributed by atoms with Crippen LogP contribution in [-0.2, 0) is 33.0 Å². The molecule has 17 heteroatoms. The van der Waals surface area contributed by atoms with E-state index < -0.39 is 30.0 Å². The fourth-order valence-electron chi connectivity index (χ4n) is 6.14. The number of nitrogen functional groups attached to an aromatic ring is 1. The summed E-state index contributed by atoms with van der Waals surface area (Å²) in [5, 5.41) is 15.4. The Labute approximate surface area is 294 Å². The smallest absolute Gasteiger partial charge is 0.242 e. The molecule has 1 saturated heterocycles. The van der Waals surface area contributed by atoms with Gasteiger partial charge in [0.2, 0.25) is 15.8 Å². The predicted molar refractivity (Wildman–Crippen MR) is 190 cm³/mol. The van der Waals surface area contributed by atoms with Crippen molar-refractivity contribution in [2.45, 2.75) is 34.6 Å².